The first-order valence-electron chi connectivity index (χ1n) is 16.4. The second-order valence-electron chi connectivity index (χ2n) is 12.5. The summed E-state index contributed by atoms with van der Waals surface area (Å²) in [6.07, 6.45) is -0.323. The molecule has 1 atom stereocenters. The maximum atomic E-state index is 6.79. The Labute approximate surface area is 278 Å². The van der Waals surface area contributed by atoms with Crippen LogP contribution in [0.5, 0.6) is 11.5 Å². The number of nitrogens with one attached hydrogen (secondary N) is 1. The zero-order valence-electron chi connectivity index (χ0n) is 26.0. The second kappa shape index (κ2) is 10.4. The summed E-state index contributed by atoms with van der Waals surface area (Å²) in [6.45, 7) is 0. The van der Waals surface area contributed by atoms with Gasteiger partial charge in [-0.15, -0.1) is 0 Å². The summed E-state index contributed by atoms with van der Waals surface area (Å²) in [5, 5.41) is 5.99. The van der Waals surface area contributed by atoms with E-state index >= 15 is 0 Å². The van der Waals surface area contributed by atoms with Gasteiger partial charge in [0, 0.05) is 27.8 Å². The second-order valence-corrected chi connectivity index (χ2v) is 12.5. The molecule has 1 N–H and O–H groups in total. The molecule has 4 heteroatoms. The van der Waals surface area contributed by atoms with Crippen molar-refractivity contribution in [2.24, 2.45) is 9.98 Å². The predicted molar refractivity (Wildman–Crippen MR) is 193 cm³/mol. The van der Waals surface area contributed by atoms with Crippen LogP contribution in [-0.4, -0.2) is 11.7 Å². The van der Waals surface area contributed by atoms with Crippen molar-refractivity contribution in [3.05, 3.63) is 203 Å². The molecule has 0 amide bonds. The summed E-state index contributed by atoms with van der Waals surface area (Å²) in [5.41, 5.74) is 9.86. The number of amidine groups is 2. The molecule has 3 aliphatic rings. The van der Waals surface area contributed by atoms with Crippen LogP contribution in [0.2, 0.25) is 0 Å². The quantitative estimate of drug-likeness (QED) is 0.215. The molecule has 0 saturated carbocycles. The van der Waals surface area contributed by atoms with E-state index < -0.39 is 5.41 Å². The van der Waals surface area contributed by atoms with Crippen LogP contribution < -0.4 is 10.1 Å². The van der Waals surface area contributed by atoms with Crippen LogP contribution in [0.25, 0.3) is 21.9 Å². The van der Waals surface area contributed by atoms with Crippen molar-refractivity contribution in [2.45, 2.75) is 11.6 Å². The lowest BCUT2D eigenvalue weighted by Crippen LogP contribution is -2.34. The van der Waals surface area contributed by atoms with Gasteiger partial charge in [-0.1, -0.05) is 152 Å². The number of benzene rings is 7. The molecule has 0 bridgehead atoms. The van der Waals surface area contributed by atoms with Crippen LogP contribution in [-0.2, 0) is 5.41 Å². The third-order valence-electron chi connectivity index (χ3n) is 10.0. The van der Waals surface area contributed by atoms with Gasteiger partial charge in [-0.05, 0) is 45.2 Å². The maximum absolute atomic E-state index is 6.79. The molecule has 48 heavy (non-hydrogen) atoms. The summed E-state index contributed by atoms with van der Waals surface area (Å²) in [6, 6.07) is 57.7. The number of ether oxygens (including phenoxy) is 1. The molecule has 10 rings (SSSR count). The van der Waals surface area contributed by atoms with Gasteiger partial charge in [-0.25, -0.2) is 9.98 Å². The predicted octanol–water partition coefficient (Wildman–Crippen LogP) is 9.80. The monoisotopic (exact) mass is 615 g/mol. The summed E-state index contributed by atoms with van der Waals surface area (Å²) in [7, 11) is 0. The maximum Gasteiger partial charge on any atom is 0.159 e. The number of hydrogen-bond acceptors (Lipinski definition) is 4. The Kier molecular flexibility index (Phi) is 5.82. The standard InChI is InChI=1S/C44H29N3O/c1-2-14-29(15-3-1)41-45-42(47-43(46-41)34-20-12-16-28-13-4-5-17-31(28)34)30-25-26-38-40(27-30)48-39-24-11-10-23-37(39)44(38)35-21-8-6-18-32(35)33-19-7-9-22-36(33)44/h1-27,43H,(H,45,46,47). The number of para-hydroxylation sites is 1. The van der Waals surface area contributed by atoms with E-state index in [1.807, 2.05) is 18.2 Å². The normalized spacial score (nSPS) is 16.5. The number of nitrogens with zero attached hydrogens (tertiary/aromatic N) is 2. The lowest BCUT2D eigenvalue weighted by atomic mass is 9.66. The van der Waals surface area contributed by atoms with Gasteiger partial charge in [-0.2, -0.15) is 0 Å². The fraction of sp³-hybridized carbons (Fsp3) is 0.0455. The van der Waals surface area contributed by atoms with Crippen LogP contribution in [0.1, 0.15) is 45.1 Å². The molecule has 4 nitrogen and oxygen atoms in total. The van der Waals surface area contributed by atoms with E-state index in [-0.39, 0.29) is 6.17 Å². The van der Waals surface area contributed by atoms with Gasteiger partial charge in [0.2, 0.25) is 0 Å². The topological polar surface area (TPSA) is 46.0 Å². The van der Waals surface area contributed by atoms with E-state index in [2.05, 4.69) is 151 Å². The minimum atomic E-state index is -0.504. The fourth-order valence-electron chi connectivity index (χ4n) is 7.97. The average Bonchev–Trinajstić information content (AvgIpc) is 3.45. The van der Waals surface area contributed by atoms with Crippen molar-refractivity contribution in [3.63, 3.8) is 0 Å². The van der Waals surface area contributed by atoms with Crippen LogP contribution in [0.3, 0.4) is 0 Å². The molecule has 1 aliphatic carbocycles. The molecular weight excluding hydrogens is 587 g/mol. The third kappa shape index (κ3) is 3.83. The Morgan fingerprint density at radius 3 is 1.98 bits per heavy atom. The van der Waals surface area contributed by atoms with E-state index in [0.717, 1.165) is 45.2 Å². The molecule has 226 valence electrons. The van der Waals surface area contributed by atoms with Crippen LogP contribution in [0, 0.1) is 0 Å². The highest BCUT2D eigenvalue weighted by Gasteiger charge is 2.51. The first-order chi connectivity index (χ1) is 23.8. The van der Waals surface area contributed by atoms with Crippen LogP contribution in [0.15, 0.2) is 174 Å². The van der Waals surface area contributed by atoms with Crippen molar-refractivity contribution < 1.29 is 4.74 Å². The molecule has 0 saturated heterocycles. The number of rotatable bonds is 3. The van der Waals surface area contributed by atoms with Gasteiger partial charge in [0.1, 0.15) is 23.5 Å². The molecule has 1 unspecified atom stereocenters. The third-order valence-corrected chi connectivity index (χ3v) is 10.0. The van der Waals surface area contributed by atoms with Gasteiger partial charge >= 0.3 is 0 Å². The lowest BCUT2D eigenvalue weighted by Gasteiger charge is -2.39. The summed E-state index contributed by atoms with van der Waals surface area (Å²) in [4.78, 5) is 10.4. The Hall–Kier alpha value is -6.26. The summed E-state index contributed by atoms with van der Waals surface area (Å²) >= 11 is 0. The van der Waals surface area contributed by atoms with Gasteiger partial charge in [0.05, 0.1) is 5.41 Å². The molecule has 1 spiro atoms. The molecule has 2 aliphatic heterocycles. The number of aliphatic imine (C=N–C) groups is 2. The molecular formula is C44H29N3O. The van der Waals surface area contributed by atoms with Crippen LogP contribution in [0.4, 0.5) is 0 Å². The Morgan fingerprint density at radius 1 is 0.521 bits per heavy atom. The zero-order valence-corrected chi connectivity index (χ0v) is 26.0. The van der Waals surface area contributed by atoms with Crippen molar-refractivity contribution >= 4 is 22.4 Å². The number of hydrogen-bond donors (Lipinski definition) is 1. The molecule has 0 aromatic heterocycles. The number of fused-ring (bicyclic) bond motifs is 10. The highest BCUT2D eigenvalue weighted by molar-refractivity contribution is 6.13. The van der Waals surface area contributed by atoms with E-state index in [0.29, 0.717) is 5.84 Å². The van der Waals surface area contributed by atoms with Crippen molar-refractivity contribution in [1.82, 2.24) is 5.32 Å². The Balaban J connectivity index is 1.18. The first-order valence-corrected chi connectivity index (χ1v) is 16.4. The largest absolute Gasteiger partial charge is 0.457 e. The average molecular weight is 616 g/mol. The molecule has 0 fully saturated rings. The smallest absolute Gasteiger partial charge is 0.159 e. The minimum Gasteiger partial charge on any atom is -0.457 e. The van der Waals surface area contributed by atoms with Gasteiger partial charge in [-0.3, -0.25) is 0 Å². The SMILES string of the molecule is c1ccc(C2=NC(c3ccc4c(c3)Oc3ccccc3C43c4ccccc4-c4ccccc43)=NC(c3cccc4ccccc34)N2)cc1. The van der Waals surface area contributed by atoms with Gasteiger partial charge < -0.3 is 10.1 Å². The van der Waals surface area contributed by atoms with E-state index in [4.69, 9.17) is 14.7 Å². The molecule has 7 aromatic rings. The highest BCUT2D eigenvalue weighted by atomic mass is 16.5. The van der Waals surface area contributed by atoms with Gasteiger partial charge in [0.25, 0.3) is 0 Å². The van der Waals surface area contributed by atoms with Crippen LogP contribution >= 0.6 is 0 Å². The molecule has 7 aromatic carbocycles. The zero-order chi connectivity index (χ0) is 31.7. The van der Waals surface area contributed by atoms with Crippen molar-refractivity contribution in [2.75, 3.05) is 0 Å². The fourth-order valence-corrected chi connectivity index (χ4v) is 7.97. The Morgan fingerprint density at radius 2 is 1.17 bits per heavy atom. The van der Waals surface area contributed by atoms with Gasteiger partial charge in [0.15, 0.2) is 5.84 Å². The van der Waals surface area contributed by atoms with E-state index in [9.17, 15) is 0 Å². The van der Waals surface area contributed by atoms with Crippen molar-refractivity contribution in [1.29, 1.82) is 0 Å². The summed E-state index contributed by atoms with van der Waals surface area (Å²) in [5.74, 6) is 3.13. The van der Waals surface area contributed by atoms with Crippen molar-refractivity contribution in [3.8, 4) is 22.6 Å². The summed E-state index contributed by atoms with van der Waals surface area (Å²) < 4.78 is 6.79. The molecule has 2 heterocycles. The van der Waals surface area contributed by atoms with E-state index in [1.54, 1.807) is 0 Å². The van der Waals surface area contributed by atoms with E-state index in [1.165, 1.54) is 33.0 Å². The first kappa shape index (κ1) is 26.9. The molecule has 0 radical (unpaired) electrons. The highest BCUT2D eigenvalue weighted by Crippen LogP contribution is 2.62. The Bertz CT molecular complexity index is 2430. The lowest BCUT2D eigenvalue weighted by molar-refractivity contribution is 0.436. The minimum absolute atomic E-state index is 0.323.